The molecule has 0 spiro atoms. The third-order valence-corrected chi connectivity index (χ3v) is 4.68. The van der Waals surface area contributed by atoms with Gasteiger partial charge < -0.3 is 14.6 Å². The van der Waals surface area contributed by atoms with Crippen molar-refractivity contribution in [3.05, 3.63) is 53.6 Å². The Morgan fingerprint density at radius 1 is 1.16 bits per heavy atom. The molecular weight excluding hydrogens is 323 g/mol. The number of halogens is 1. The first-order valence-corrected chi connectivity index (χ1v) is 8.30. The second kappa shape index (κ2) is 7.80. The fourth-order valence-electron chi connectivity index (χ4n) is 3.35. The lowest BCUT2D eigenvalue weighted by Gasteiger charge is -2.17. The van der Waals surface area contributed by atoms with Crippen LogP contribution in [-0.2, 0) is 13.0 Å². The molecule has 5 nitrogen and oxygen atoms in total. The van der Waals surface area contributed by atoms with E-state index in [1.807, 2.05) is 12.1 Å². The SMILES string of the molecule is COc1cc(F)c(CN2C[C@@H](Cc3ccncc3)[C@@H](O)C2)cc1OC. The molecule has 0 amide bonds. The van der Waals surface area contributed by atoms with Crippen LogP contribution < -0.4 is 9.47 Å². The van der Waals surface area contributed by atoms with Crippen molar-refractivity contribution in [2.24, 2.45) is 5.92 Å². The smallest absolute Gasteiger partial charge is 0.163 e. The Bertz CT molecular complexity index is 711. The summed E-state index contributed by atoms with van der Waals surface area (Å²) in [4.78, 5) is 6.08. The number of ether oxygens (including phenoxy) is 2. The molecule has 0 saturated carbocycles. The molecule has 0 unspecified atom stereocenters. The molecule has 1 fully saturated rings. The van der Waals surface area contributed by atoms with E-state index >= 15 is 0 Å². The van der Waals surface area contributed by atoms with Gasteiger partial charge in [0.1, 0.15) is 5.82 Å². The van der Waals surface area contributed by atoms with Crippen molar-refractivity contribution in [1.82, 2.24) is 9.88 Å². The van der Waals surface area contributed by atoms with E-state index in [0.717, 1.165) is 18.5 Å². The number of hydrogen-bond acceptors (Lipinski definition) is 5. The fraction of sp³-hybridized carbons (Fsp3) is 0.421. The summed E-state index contributed by atoms with van der Waals surface area (Å²) in [5.41, 5.74) is 1.69. The maximum atomic E-state index is 14.3. The van der Waals surface area contributed by atoms with Gasteiger partial charge in [-0.25, -0.2) is 4.39 Å². The van der Waals surface area contributed by atoms with E-state index in [1.165, 1.54) is 20.3 Å². The molecular formula is C19H23FN2O3. The molecule has 134 valence electrons. The monoisotopic (exact) mass is 346 g/mol. The summed E-state index contributed by atoms with van der Waals surface area (Å²) < 4.78 is 24.7. The van der Waals surface area contributed by atoms with E-state index in [1.54, 1.807) is 18.5 Å². The molecule has 6 heteroatoms. The third kappa shape index (κ3) is 4.08. The summed E-state index contributed by atoms with van der Waals surface area (Å²) in [7, 11) is 3.02. The Morgan fingerprint density at radius 2 is 1.84 bits per heavy atom. The van der Waals surface area contributed by atoms with Gasteiger partial charge in [-0.05, 0) is 30.2 Å². The van der Waals surface area contributed by atoms with Crippen molar-refractivity contribution in [3.8, 4) is 11.5 Å². The molecule has 0 radical (unpaired) electrons. The zero-order valence-electron chi connectivity index (χ0n) is 14.5. The van der Waals surface area contributed by atoms with Crippen LogP contribution in [0, 0.1) is 11.7 Å². The molecule has 1 N–H and O–H groups in total. The van der Waals surface area contributed by atoms with Gasteiger partial charge in [-0.2, -0.15) is 0 Å². The van der Waals surface area contributed by atoms with E-state index in [-0.39, 0.29) is 11.7 Å². The van der Waals surface area contributed by atoms with Gasteiger partial charge in [-0.1, -0.05) is 0 Å². The van der Waals surface area contributed by atoms with Crippen LogP contribution in [0.2, 0.25) is 0 Å². The third-order valence-electron chi connectivity index (χ3n) is 4.68. The molecule has 2 aromatic rings. The minimum atomic E-state index is -0.420. The summed E-state index contributed by atoms with van der Waals surface area (Å²) in [5, 5.41) is 10.4. The normalized spacial score (nSPS) is 20.6. The minimum Gasteiger partial charge on any atom is -0.493 e. The lowest BCUT2D eigenvalue weighted by molar-refractivity contribution is 0.141. The Hall–Kier alpha value is -2.18. The zero-order chi connectivity index (χ0) is 17.8. The van der Waals surface area contributed by atoms with E-state index in [9.17, 15) is 9.50 Å². The van der Waals surface area contributed by atoms with Crippen LogP contribution in [-0.4, -0.2) is 48.4 Å². The number of aliphatic hydroxyl groups is 1. The van der Waals surface area contributed by atoms with E-state index in [2.05, 4.69) is 9.88 Å². The van der Waals surface area contributed by atoms with Gasteiger partial charge >= 0.3 is 0 Å². The van der Waals surface area contributed by atoms with Gasteiger partial charge in [0.2, 0.25) is 0 Å². The lowest BCUT2D eigenvalue weighted by atomic mass is 9.97. The number of aromatic nitrogens is 1. The number of pyridine rings is 1. The van der Waals surface area contributed by atoms with E-state index < -0.39 is 6.10 Å². The second-order valence-electron chi connectivity index (χ2n) is 6.38. The Kier molecular flexibility index (Phi) is 5.50. The average Bonchev–Trinajstić information content (AvgIpc) is 2.96. The summed E-state index contributed by atoms with van der Waals surface area (Å²) in [5.74, 6) is 0.683. The molecule has 3 rings (SSSR count). The van der Waals surface area contributed by atoms with Crippen molar-refractivity contribution < 1.29 is 19.0 Å². The van der Waals surface area contributed by atoms with Gasteiger partial charge in [0, 0.05) is 49.6 Å². The minimum absolute atomic E-state index is 0.130. The van der Waals surface area contributed by atoms with Crippen molar-refractivity contribution in [2.75, 3.05) is 27.3 Å². The first kappa shape index (κ1) is 17.6. The van der Waals surface area contributed by atoms with Gasteiger partial charge in [0.15, 0.2) is 11.5 Å². The first-order chi connectivity index (χ1) is 12.1. The molecule has 25 heavy (non-hydrogen) atoms. The Morgan fingerprint density at radius 3 is 2.52 bits per heavy atom. The van der Waals surface area contributed by atoms with Crippen molar-refractivity contribution in [3.63, 3.8) is 0 Å². The predicted octanol–water partition coefficient (Wildman–Crippen LogP) is 2.27. The number of benzene rings is 1. The van der Waals surface area contributed by atoms with Crippen LogP contribution in [0.25, 0.3) is 0 Å². The lowest BCUT2D eigenvalue weighted by Crippen LogP contribution is -2.22. The standard InChI is InChI=1S/C19H23FN2O3/c1-24-18-8-14(16(20)9-19(18)25-2)10-22-11-15(17(23)12-22)7-13-3-5-21-6-4-13/h3-6,8-9,15,17,23H,7,10-12H2,1-2H3/t15-,17+/m1/s1. The van der Waals surface area contributed by atoms with Crippen LogP contribution in [0.1, 0.15) is 11.1 Å². The van der Waals surface area contributed by atoms with Crippen molar-refractivity contribution in [1.29, 1.82) is 0 Å². The van der Waals surface area contributed by atoms with Crippen LogP contribution in [0.15, 0.2) is 36.7 Å². The van der Waals surface area contributed by atoms with Crippen LogP contribution >= 0.6 is 0 Å². The van der Waals surface area contributed by atoms with Gasteiger partial charge in [0.05, 0.1) is 20.3 Å². The Labute approximate surface area is 147 Å². The summed E-state index contributed by atoms with van der Waals surface area (Å²) in [6, 6.07) is 6.93. The predicted molar refractivity (Wildman–Crippen MR) is 92.2 cm³/mol. The van der Waals surface area contributed by atoms with Gasteiger partial charge in [-0.15, -0.1) is 0 Å². The zero-order valence-corrected chi connectivity index (χ0v) is 14.5. The molecule has 0 bridgehead atoms. The van der Waals surface area contributed by atoms with Crippen molar-refractivity contribution in [2.45, 2.75) is 19.1 Å². The molecule has 2 atom stereocenters. The number of rotatable bonds is 6. The maximum absolute atomic E-state index is 14.3. The molecule has 1 aromatic carbocycles. The molecule has 2 heterocycles. The van der Waals surface area contributed by atoms with Crippen molar-refractivity contribution >= 4 is 0 Å². The van der Waals surface area contributed by atoms with Crippen LogP contribution in [0.4, 0.5) is 4.39 Å². The van der Waals surface area contributed by atoms with E-state index in [4.69, 9.17) is 9.47 Å². The number of aliphatic hydroxyl groups excluding tert-OH is 1. The van der Waals surface area contributed by atoms with Gasteiger partial charge in [0.25, 0.3) is 0 Å². The summed E-state index contributed by atoms with van der Waals surface area (Å²) >= 11 is 0. The highest BCUT2D eigenvalue weighted by Crippen LogP contribution is 2.31. The Balaban J connectivity index is 1.68. The largest absolute Gasteiger partial charge is 0.493 e. The highest BCUT2D eigenvalue weighted by Gasteiger charge is 2.31. The number of likely N-dealkylation sites (tertiary alicyclic amines) is 1. The number of β-amino-alcohol motifs (C(OH)–C–C–N with tert-alkyl or cyclic N) is 1. The maximum Gasteiger partial charge on any atom is 0.163 e. The van der Waals surface area contributed by atoms with Gasteiger partial charge in [-0.3, -0.25) is 9.88 Å². The quantitative estimate of drug-likeness (QED) is 0.870. The highest BCUT2D eigenvalue weighted by atomic mass is 19.1. The fourth-order valence-corrected chi connectivity index (χ4v) is 3.35. The second-order valence-corrected chi connectivity index (χ2v) is 6.38. The first-order valence-electron chi connectivity index (χ1n) is 8.30. The molecule has 1 aliphatic rings. The molecule has 0 aliphatic carbocycles. The highest BCUT2D eigenvalue weighted by molar-refractivity contribution is 5.43. The number of hydrogen-bond donors (Lipinski definition) is 1. The summed E-state index contributed by atoms with van der Waals surface area (Å²) in [6.07, 6.45) is 3.88. The van der Waals surface area contributed by atoms with Crippen LogP contribution in [0.5, 0.6) is 11.5 Å². The molecule has 1 aliphatic heterocycles. The number of nitrogens with zero attached hydrogens (tertiary/aromatic N) is 2. The van der Waals surface area contributed by atoms with Crippen LogP contribution in [0.3, 0.4) is 0 Å². The molecule has 1 saturated heterocycles. The van der Waals surface area contributed by atoms with E-state index in [0.29, 0.717) is 30.2 Å². The topological polar surface area (TPSA) is 54.8 Å². The summed E-state index contributed by atoms with van der Waals surface area (Å²) in [6.45, 7) is 1.68. The molecule has 1 aromatic heterocycles. The average molecular weight is 346 g/mol. The number of methoxy groups -OCH3 is 2.